The summed E-state index contributed by atoms with van der Waals surface area (Å²) in [5.74, 6) is 0.616. The number of anilines is 2. The fraction of sp³-hybridized carbons (Fsp3) is 0.353. The van der Waals surface area contributed by atoms with Crippen LogP contribution in [0.5, 0.6) is 0 Å². The monoisotopic (exact) mass is 287 g/mol. The Morgan fingerprint density at radius 1 is 1.14 bits per heavy atom. The number of nitrogens with zero attached hydrogens (tertiary/aromatic N) is 2. The molecule has 0 fully saturated rings. The SMILES string of the molecule is CCCNCc1cccc(N(CC)c2cccc(F)c2)n1. The zero-order valence-corrected chi connectivity index (χ0v) is 12.6. The van der Waals surface area contributed by atoms with Gasteiger partial charge in [0.05, 0.1) is 5.69 Å². The molecule has 0 bridgehead atoms. The van der Waals surface area contributed by atoms with Gasteiger partial charge in [0.1, 0.15) is 11.6 Å². The molecular weight excluding hydrogens is 265 g/mol. The molecule has 21 heavy (non-hydrogen) atoms. The Morgan fingerprint density at radius 3 is 2.67 bits per heavy atom. The molecule has 4 heteroatoms. The number of hydrogen-bond donors (Lipinski definition) is 1. The molecule has 1 aromatic heterocycles. The van der Waals surface area contributed by atoms with Crippen LogP contribution >= 0.6 is 0 Å². The predicted octanol–water partition coefficient (Wildman–Crippen LogP) is 3.88. The molecule has 0 spiro atoms. The van der Waals surface area contributed by atoms with Gasteiger partial charge >= 0.3 is 0 Å². The maximum Gasteiger partial charge on any atom is 0.133 e. The van der Waals surface area contributed by atoms with E-state index in [1.165, 1.54) is 12.1 Å². The van der Waals surface area contributed by atoms with E-state index < -0.39 is 0 Å². The third-order valence-electron chi connectivity index (χ3n) is 3.24. The quantitative estimate of drug-likeness (QED) is 0.783. The minimum atomic E-state index is -0.230. The number of rotatable bonds is 7. The summed E-state index contributed by atoms with van der Waals surface area (Å²) in [6, 6.07) is 12.6. The molecule has 0 atom stereocenters. The summed E-state index contributed by atoms with van der Waals surface area (Å²) >= 11 is 0. The van der Waals surface area contributed by atoms with E-state index in [1.54, 1.807) is 6.07 Å². The second-order valence-corrected chi connectivity index (χ2v) is 4.89. The van der Waals surface area contributed by atoms with E-state index in [9.17, 15) is 4.39 Å². The molecule has 0 saturated carbocycles. The molecular formula is C17H22FN3. The maximum atomic E-state index is 13.4. The van der Waals surface area contributed by atoms with Crippen molar-refractivity contribution in [2.75, 3.05) is 18.0 Å². The Labute approximate surface area is 125 Å². The van der Waals surface area contributed by atoms with Gasteiger partial charge in [-0.05, 0) is 50.2 Å². The van der Waals surface area contributed by atoms with Gasteiger partial charge in [-0.2, -0.15) is 0 Å². The molecule has 2 rings (SSSR count). The van der Waals surface area contributed by atoms with Gasteiger partial charge in [-0.25, -0.2) is 9.37 Å². The predicted molar refractivity (Wildman–Crippen MR) is 85.3 cm³/mol. The van der Waals surface area contributed by atoms with E-state index >= 15 is 0 Å². The Hall–Kier alpha value is -1.94. The van der Waals surface area contributed by atoms with Crippen molar-refractivity contribution in [3.63, 3.8) is 0 Å². The van der Waals surface area contributed by atoms with Crippen LogP contribution in [-0.4, -0.2) is 18.1 Å². The molecule has 0 unspecified atom stereocenters. The molecule has 1 heterocycles. The van der Waals surface area contributed by atoms with E-state index in [4.69, 9.17) is 0 Å². The Morgan fingerprint density at radius 2 is 1.95 bits per heavy atom. The molecule has 0 amide bonds. The summed E-state index contributed by atoms with van der Waals surface area (Å²) in [5, 5.41) is 3.34. The number of benzene rings is 1. The van der Waals surface area contributed by atoms with Crippen molar-refractivity contribution in [2.45, 2.75) is 26.8 Å². The van der Waals surface area contributed by atoms with E-state index in [-0.39, 0.29) is 5.82 Å². The van der Waals surface area contributed by atoms with Gasteiger partial charge < -0.3 is 10.2 Å². The zero-order valence-electron chi connectivity index (χ0n) is 12.6. The number of halogens is 1. The number of aromatic nitrogens is 1. The van der Waals surface area contributed by atoms with Gasteiger partial charge in [-0.15, -0.1) is 0 Å². The molecule has 0 aliphatic carbocycles. The van der Waals surface area contributed by atoms with Crippen LogP contribution in [0, 0.1) is 5.82 Å². The van der Waals surface area contributed by atoms with Gasteiger partial charge in [-0.3, -0.25) is 0 Å². The second-order valence-electron chi connectivity index (χ2n) is 4.89. The van der Waals surface area contributed by atoms with Gasteiger partial charge in [-0.1, -0.05) is 19.1 Å². The standard InChI is InChI=1S/C17H22FN3/c1-3-11-19-13-15-8-6-10-17(20-15)21(4-2)16-9-5-7-14(18)12-16/h5-10,12,19H,3-4,11,13H2,1-2H3. The second kappa shape index (κ2) is 7.74. The lowest BCUT2D eigenvalue weighted by Gasteiger charge is -2.22. The Kier molecular flexibility index (Phi) is 5.69. The minimum absolute atomic E-state index is 0.230. The van der Waals surface area contributed by atoms with Gasteiger partial charge in [0.15, 0.2) is 0 Å². The highest BCUT2D eigenvalue weighted by molar-refractivity contribution is 5.59. The zero-order chi connectivity index (χ0) is 15.1. The van der Waals surface area contributed by atoms with Gasteiger partial charge in [0, 0.05) is 18.8 Å². The third kappa shape index (κ3) is 4.26. The van der Waals surface area contributed by atoms with Crippen LogP contribution in [0.3, 0.4) is 0 Å². The van der Waals surface area contributed by atoms with Crippen molar-refractivity contribution >= 4 is 11.5 Å². The molecule has 0 saturated heterocycles. The molecule has 112 valence electrons. The highest BCUT2D eigenvalue weighted by atomic mass is 19.1. The molecule has 1 N–H and O–H groups in total. The molecule has 0 radical (unpaired) electrons. The Bertz CT molecular complexity index is 571. The normalized spacial score (nSPS) is 10.6. The lowest BCUT2D eigenvalue weighted by Crippen LogP contribution is -2.19. The van der Waals surface area contributed by atoms with E-state index in [0.717, 1.165) is 43.3 Å². The fourth-order valence-corrected chi connectivity index (χ4v) is 2.23. The molecule has 2 aromatic rings. The first kappa shape index (κ1) is 15.4. The summed E-state index contributed by atoms with van der Waals surface area (Å²) in [7, 11) is 0. The first-order chi connectivity index (χ1) is 10.2. The molecule has 1 aromatic carbocycles. The lowest BCUT2D eigenvalue weighted by molar-refractivity contribution is 0.627. The summed E-state index contributed by atoms with van der Waals surface area (Å²) < 4.78 is 13.4. The van der Waals surface area contributed by atoms with Crippen molar-refractivity contribution in [3.8, 4) is 0 Å². The van der Waals surface area contributed by atoms with E-state index in [0.29, 0.717) is 0 Å². The first-order valence-corrected chi connectivity index (χ1v) is 7.44. The molecule has 3 nitrogen and oxygen atoms in total. The summed E-state index contributed by atoms with van der Waals surface area (Å²) in [6.07, 6.45) is 1.10. The molecule has 0 aliphatic rings. The van der Waals surface area contributed by atoms with E-state index in [2.05, 4.69) is 17.2 Å². The minimum Gasteiger partial charge on any atom is -0.327 e. The van der Waals surface area contributed by atoms with Crippen LogP contribution < -0.4 is 10.2 Å². The van der Waals surface area contributed by atoms with Crippen LogP contribution in [-0.2, 0) is 6.54 Å². The summed E-state index contributed by atoms with van der Waals surface area (Å²) in [5.41, 5.74) is 1.82. The van der Waals surface area contributed by atoms with Crippen LogP contribution in [0.1, 0.15) is 26.0 Å². The van der Waals surface area contributed by atoms with Crippen molar-refractivity contribution in [1.82, 2.24) is 10.3 Å². The average molecular weight is 287 g/mol. The van der Waals surface area contributed by atoms with E-state index in [1.807, 2.05) is 36.1 Å². The third-order valence-corrected chi connectivity index (χ3v) is 3.24. The number of nitrogens with one attached hydrogen (secondary N) is 1. The van der Waals surface area contributed by atoms with Crippen LogP contribution in [0.2, 0.25) is 0 Å². The largest absolute Gasteiger partial charge is 0.327 e. The lowest BCUT2D eigenvalue weighted by atomic mass is 10.2. The van der Waals surface area contributed by atoms with Crippen LogP contribution in [0.4, 0.5) is 15.9 Å². The van der Waals surface area contributed by atoms with Crippen molar-refractivity contribution in [3.05, 3.63) is 54.0 Å². The first-order valence-electron chi connectivity index (χ1n) is 7.44. The van der Waals surface area contributed by atoms with Crippen molar-refractivity contribution in [1.29, 1.82) is 0 Å². The average Bonchev–Trinajstić information content (AvgIpc) is 2.49. The van der Waals surface area contributed by atoms with Crippen LogP contribution in [0.25, 0.3) is 0 Å². The Balaban J connectivity index is 2.20. The fourth-order valence-electron chi connectivity index (χ4n) is 2.23. The summed E-state index contributed by atoms with van der Waals surface area (Å²) in [4.78, 5) is 6.67. The number of hydrogen-bond acceptors (Lipinski definition) is 3. The summed E-state index contributed by atoms with van der Waals surface area (Å²) in [6.45, 7) is 6.65. The van der Waals surface area contributed by atoms with Gasteiger partial charge in [0.2, 0.25) is 0 Å². The van der Waals surface area contributed by atoms with Crippen molar-refractivity contribution in [2.24, 2.45) is 0 Å². The highest BCUT2D eigenvalue weighted by Crippen LogP contribution is 2.24. The number of pyridine rings is 1. The molecule has 0 aliphatic heterocycles. The highest BCUT2D eigenvalue weighted by Gasteiger charge is 2.09. The maximum absolute atomic E-state index is 13.4. The topological polar surface area (TPSA) is 28.2 Å². The van der Waals surface area contributed by atoms with Crippen molar-refractivity contribution < 1.29 is 4.39 Å². The van der Waals surface area contributed by atoms with Crippen LogP contribution in [0.15, 0.2) is 42.5 Å². The van der Waals surface area contributed by atoms with Gasteiger partial charge in [0.25, 0.3) is 0 Å². The smallest absolute Gasteiger partial charge is 0.133 e.